The highest BCUT2D eigenvalue weighted by atomic mass is 19.2. The van der Waals surface area contributed by atoms with Crippen molar-refractivity contribution in [1.82, 2.24) is 9.80 Å². The fourth-order valence-corrected chi connectivity index (χ4v) is 3.94. The maximum atomic E-state index is 13.8. The fourth-order valence-electron chi connectivity index (χ4n) is 3.94. The van der Waals surface area contributed by atoms with Crippen LogP contribution >= 0.6 is 0 Å². The third kappa shape index (κ3) is 3.50. The molecule has 0 atom stereocenters. The highest BCUT2D eigenvalue weighted by Crippen LogP contribution is 2.35. The van der Waals surface area contributed by atoms with Gasteiger partial charge in [-0.2, -0.15) is 0 Å². The van der Waals surface area contributed by atoms with Crippen LogP contribution in [0.3, 0.4) is 0 Å². The van der Waals surface area contributed by atoms with E-state index in [1.165, 1.54) is 6.07 Å². The van der Waals surface area contributed by atoms with Gasteiger partial charge in [-0.15, -0.1) is 0 Å². The third-order valence-electron chi connectivity index (χ3n) is 5.70. The summed E-state index contributed by atoms with van der Waals surface area (Å²) in [6, 6.07) is 10.4. The Morgan fingerprint density at radius 3 is 2.13 bits per heavy atom. The van der Waals surface area contributed by atoms with E-state index in [0.717, 1.165) is 42.2 Å². The van der Waals surface area contributed by atoms with Crippen molar-refractivity contribution in [3.63, 3.8) is 0 Å². The number of nitrogens with zero attached hydrogens (tertiary/aromatic N) is 3. The van der Waals surface area contributed by atoms with Crippen LogP contribution in [0.25, 0.3) is 5.57 Å². The molecule has 7 heteroatoms. The largest absolute Gasteiger partial charge is 0.364 e. The number of imide groups is 1. The van der Waals surface area contributed by atoms with Crippen LogP contribution in [0, 0.1) is 18.6 Å². The number of hydrogen-bond donors (Lipinski definition) is 0. The van der Waals surface area contributed by atoms with Crippen molar-refractivity contribution in [3.8, 4) is 0 Å². The highest BCUT2D eigenvalue weighted by Gasteiger charge is 2.43. The van der Waals surface area contributed by atoms with Crippen LogP contribution < -0.4 is 4.90 Å². The van der Waals surface area contributed by atoms with Gasteiger partial charge < -0.3 is 9.80 Å². The van der Waals surface area contributed by atoms with Crippen molar-refractivity contribution in [2.45, 2.75) is 13.8 Å². The van der Waals surface area contributed by atoms with E-state index in [4.69, 9.17) is 0 Å². The second kappa shape index (κ2) is 7.99. The molecule has 0 bridgehead atoms. The normalized spacial score (nSPS) is 18.0. The van der Waals surface area contributed by atoms with Crippen LogP contribution in [0.1, 0.15) is 18.1 Å². The smallest absolute Gasteiger partial charge is 0.282 e. The molecule has 0 aromatic heterocycles. The quantitative estimate of drug-likeness (QED) is 0.725. The van der Waals surface area contributed by atoms with E-state index in [0.29, 0.717) is 29.9 Å². The van der Waals surface area contributed by atoms with E-state index in [9.17, 15) is 18.4 Å². The van der Waals surface area contributed by atoms with E-state index >= 15 is 0 Å². The predicted octanol–water partition coefficient (Wildman–Crippen LogP) is 3.20. The minimum absolute atomic E-state index is 0.0238. The number of carbonyl (C=O) groups is 2. The first-order chi connectivity index (χ1) is 14.4. The second-order valence-corrected chi connectivity index (χ2v) is 7.56. The molecule has 0 N–H and O–H groups in total. The Kier molecular flexibility index (Phi) is 5.39. The van der Waals surface area contributed by atoms with Crippen molar-refractivity contribution >= 4 is 23.1 Å². The lowest BCUT2D eigenvalue weighted by Gasteiger charge is -2.36. The van der Waals surface area contributed by atoms with Crippen LogP contribution in [-0.4, -0.2) is 54.3 Å². The Morgan fingerprint density at radius 2 is 1.53 bits per heavy atom. The molecule has 0 saturated carbocycles. The van der Waals surface area contributed by atoms with E-state index in [1.807, 2.05) is 36.1 Å². The zero-order valence-corrected chi connectivity index (χ0v) is 17.0. The molecular formula is C23H23F2N3O2. The van der Waals surface area contributed by atoms with E-state index < -0.39 is 23.4 Å². The molecule has 0 radical (unpaired) electrons. The SMILES string of the molecule is CCN1CCN(C2=C(c3ccc(C)cc3)C(=O)N(c3ccc(F)c(F)c3)C2=O)CC1. The summed E-state index contributed by atoms with van der Waals surface area (Å²) < 4.78 is 27.2. The Morgan fingerprint density at radius 1 is 0.867 bits per heavy atom. The number of hydrogen-bond acceptors (Lipinski definition) is 4. The van der Waals surface area contributed by atoms with E-state index in [1.54, 1.807) is 0 Å². The molecule has 2 aromatic carbocycles. The van der Waals surface area contributed by atoms with Gasteiger partial charge in [-0.05, 0) is 31.2 Å². The molecule has 2 amide bonds. The summed E-state index contributed by atoms with van der Waals surface area (Å²) in [7, 11) is 0. The summed E-state index contributed by atoms with van der Waals surface area (Å²) in [5.41, 5.74) is 2.32. The molecular weight excluding hydrogens is 388 g/mol. The predicted molar refractivity (Wildman–Crippen MR) is 111 cm³/mol. The Hall–Kier alpha value is -3.06. The first-order valence-corrected chi connectivity index (χ1v) is 10.0. The number of piperazine rings is 1. The van der Waals surface area contributed by atoms with Gasteiger partial charge in [0, 0.05) is 32.2 Å². The minimum Gasteiger partial charge on any atom is -0.364 e. The summed E-state index contributed by atoms with van der Waals surface area (Å²) in [5, 5.41) is 0. The van der Waals surface area contributed by atoms with Crippen molar-refractivity contribution in [2.24, 2.45) is 0 Å². The topological polar surface area (TPSA) is 43.9 Å². The average molecular weight is 411 g/mol. The van der Waals surface area contributed by atoms with Gasteiger partial charge in [0.2, 0.25) is 0 Å². The van der Waals surface area contributed by atoms with Crippen LogP contribution in [0.5, 0.6) is 0 Å². The number of rotatable bonds is 4. The molecule has 0 spiro atoms. The lowest BCUT2D eigenvalue weighted by Crippen LogP contribution is -2.47. The molecule has 0 aliphatic carbocycles. The summed E-state index contributed by atoms with van der Waals surface area (Å²) in [6.45, 7) is 7.75. The maximum Gasteiger partial charge on any atom is 0.282 e. The number of anilines is 1. The molecule has 2 heterocycles. The summed E-state index contributed by atoms with van der Waals surface area (Å²) >= 11 is 0. The Labute approximate surface area is 174 Å². The number of likely N-dealkylation sites (N-methyl/N-ethyl adjacent to an activating group) is 1. The van der Waals surface area contributed by atoms with Crippen molar-refractivity contribution in [1.29, 1.82) is 0 Å². The molecule has 1 fully saturated rings. The molecule has 2 aromatic rings. The molecule has 30 heavy (non-hydrogen) atoms. The van der Waals surface area contributed by atoms with E-state index in [-0.39, 0.29) is 5.69 Å². The van der Waals surface area contributed by atoms with Gasteiger partial charge in [-0.1, -0.05) is 36.8 Å². The number of amides is 2. The molecule has 0 unspecified atom stereocenters. The molecule has 2 aliphatic heterocycles. The van der Waals surface area contributed by atoms with E-state index in [2.05, 4.69) is 11.8 Å². The summed E-state index contributed by atoms with van der Waals surface area (Å²) in [4.78, 5) is 31.9. The Bertz CT molecular complexity index is 1030. The standard InChI is InChI=1S/C23H23F2N3O2/c1-3-26-10-12-27(13-11-26)21-20(16-6-4-15(2)5-7-16)22(29)28(23(21)30)17-8-9-18(24)19(25)14-17/h4-9,14H,3,10-13H2,1-2H3. The van der Waals surface area contributed by atoms with Crippen LogP contribution in [0.4, 0.5) is 14.5 Å². The highest BCUT2D eigenvalue weighted by molar-refractivity contribution is 6.45. The van der Waals surface area contributed by atoms with Gasteiger partial charge >= 0.3 is 0 Å². The number of aryl methyl sites for hydroxylation is 1. The average Bonchev–Trinajstić information content (AvgIpc) is 3.01. The minimum atomic E-state index is -1.10. The maximum absolute atomic E-state index is 13.8. The number of halogens is 2. The summed E-state index contributed by atoms with van der Waals surface area (Å²) in [5.74, 6) is -3.16. The molecule has 2 aliphatic rings. The third-order valence-corrected chi connectivity index (χ3v) is 5.70. The first-order valence-electron chi connectivity index (χ1n) is 10.0. The lowest BCUT2D eigenvalue weighted by molar-refractivity contribution is -0.120. The van der Waals surface area contributed by atoms with Gasteiger partial charge in [-0.3, -0.25) is 9.59 Å². The van der Waals surface area contributed by atoms with Gasteiger partial charge in [0.1, 0.15) is 5.70 Å². The second-order valence-electron chi connectivity index (χ2n) is 7.56. The van der Waals surface area contributed by atoms with Crippen LogP contribution in [0.2, 0.25) is 0 Å². The summed E-state index contributed by atoms with van der Waals surface area (Å²) in [6.07, 6.45) is 0. The zero-order chi connectivity index (χ0) is 21.4. The van der Waals surface area contributed by atoms with Crippen molar-refractivity contribution in [2.75, 3.05) is 37.6 Å². The number of benzene rings is 2. The molecule has 5 nitrogen and oxygen atoms in total. The van der Waals surface area contributed by atoms with Gasteiger partial charge in [0.05, 0.1) is 11.3 Å². The molecule has 156 valence electrons. The first kappa shape index (κ1) is 20.2. The monoisotopic (exact) mass is 411 g/mol. The Balaban J connectivity index is 1.78. The van der Waals surface area contributed by atoms with Gasteiger partial charge in [0.15, 0.2) is 11.6 Å². The van der Waals surface area contributed by atoms with Gasteiger partial charge in [-0.25, -0.2) is 13.7 Å². The lowest BCUT2D eigenvalue weighted by atomic mass is 10.0. The van der Waals surface area contributed by atoms with Crippen LogP contribution in [0.15, 0.2) is 48.2 Å². The van der Waals surface area contributed by atoms with Crippen molar-refractivity contribution < 1.29 is 18.4 Å². The zero-order valence-electron chi connectivity index (χ0n) is 17.0. The molecule has 4 rings (SSSR count). The van der Waals surface area contributed by atoms with Crippen LogP contribution in [-0.2, 0) is 9.59 Å². The number of carbonyl (C=O) groups excluding carboxylic acids is 2. The molecule has 1 saturated heterocycles. The fraction of sp³-hybridized carbons (Fsp3) is 0.304. The van der Waals surface area contributed by atoms with Crippen molar-refractivity contribution in [3.05, 3.63) is 70.9 Å². The van der Waals surface area contributed by atoms with Gasteiger partial charge in [0.25, 0.3) is 11.8 Å².